The fraction of sp³-hybridized carbons (Fsp3) is 0.0476. The van der Waals surface area contributed by atoms with E-state index in [2.05, 4.69) is 5.32 Å². The molecule has 0 atom stereocenters. The lowest BCUT2D eigenvalue weighted by atomic mass is 10.0. The Kier molecular flexibility index (Phi) is 6.49. The van der Waals surface area contributed by atoms with Crippen molar-refractivity contribution in [3.63, 3.8) is 0 Å². The first kappa shape index (κ1) is 21.5. The molecule has 0 aliphatic carbocycles. The maximum atomic E-state index is 14.3. The predicted molar refractivity (Wildman–Crippen MR) is 112 cm³/mol. The highest BCUT2D eigenvalue weighted by Gasteiger charge is 2.25. The van der Waals surface area contributed by atoms with Crippen molar-refractivity contribution in [1.29, 1.82) is 0 Å². The molecular weight excluding hydrogens is 436 g/mol. The maximum Gasteiger partial charge on any atom is 0.339 e. The molecule has 0 saturated heterocycles. The largest absolute Gasteiger partial charge is 0.491 e. The van der Waals surface area contributed by atoms with Crippen molar-refractivity contribution in [3.8, 4) is 11.1 Å². The average molecular weight is 450 g/mol. The molecule has 2 aromatic carbocycles. The summed E-state index contributed by atoms with van der Waals surface area (Å²) in [6, 6.07) is 11.2. The summed E-state index contributed by atoms with van der Waals surface area (Å²) < 4.78 is 33.3. The molecule has 0 aliphatic rings. The summed E-state index contributed by atoms with van der Waals surface area (Å²) >= 11 is 6.42. The molecule has 154 valence electrons. The number of anilines is 1. The third-order valence-corrected chi connectivity index (χ3v) is 5.29. The van der Waals surface area contributed by atoms with Gasteiger partial charge in [0.05, 0.1) is 12.1 Å². The van der Waals surface area contributed by atoms with E-state index in [0.29, 0.717) is 5.56 Å². The average Bonchev–Trinajstić information content (AvgIpc) is 3.14. The van der Waals surface area contributed by atoms with E-state index in [1.165, 1.54) is 24.6 Å². The summed E-state index contributed by atoms with van der Waals surface area (Å²) in [6.45, 7) is 0. The molecule has 0 unspecified atom stereocenters. The summed E-state index contributed by atoms with van der Waals surface area (Å²) in [5.74, 6) is -4.73. The highest BCUT2D eigenvalue weighted by Crippen LogP contribution is 2.38. The van der Waals surface area contributed by atoms with E-state index in [-0.39, 0.29) is 27.5 Å². The van der Waals surface area contributed by atoms with Crippen LogP contribution in [0.15, 0.2) is 53.6 Å². The number of hydrogen-bond donors (Lipinski definition) is 2. The van der Waals surface area contributed by atoms with Gasteiger partial charge < -0.3 is 15.2 Å². The highest BCUT2D eigenvalue weighted by molar-refractivity contribution is 7.15. The van der Waals surface area contributed by atoms with E-state index >= 15 is 0 Å². The van der Waals surface area contributed by atoms with E-state index in [9.17, 15) is 23.5 Å². The fourth-order valence-electron chi connectivity index (χ4n) is 2.68. The minimum Gasteiger partial charge on any atom is -0.491 e. The van der Waals surface area contributed by atoms with Crippen molar-refractivity contribution in [1.82, 2.24) is 0 Å². The number of rotatable bonds is 6. The number of halogens is 3. The first-order chi connectivity index (χ1) is 14.3. The predicted octanol–water partition coefficient (Wildman–Crippen LogP) is 5.67. The third kappa shape index (κ3) is 4.34. The van der Waals surface area contributed by atoms with Crippen LogP contribution in [0.5, 0.6) is 0 Å². The van der Waals surface area contributed by atoms with Gasteiger partial charge in [-0.3, -0.25) is 4.79 Å². The molecule has 0 saturated carbocycles. The van der Waals surface area contributed by atoms with Crippen molar-refractivity contribution in [2.45, 2.75) is 0 Å². The van der Waals surface area contributed by atoms with Crippen LogP contribution in [0, 0.1) is 11.6 Å². The van der Waals surface area contributed by atoms with Crippen LogP contribution in [0.1, 0.15) is 15.9 Å². The molecule has 3 aromatic rings. The molecule has 0 aliphatic heterocycles. The van der Waals surface area contributed by atoms with Crippen LogP contribution in [0.3, 0.4) is 0 Å². The second-order valence-electron chi connectivity index (χ2n) is 5.96. The molecule has 0 fully saturated rings. The van der Waals surface area contributed by atoms with E-state index in [4.69, 9.17) is 16.3 Å². The van der Waals surface area contributed by atoms with Crippen LogP contribution in [0.2, 0.25) is 5.02 Å². The number of carbonyl (C=O) groups is 2. The molecule has 1 aromatic heterocycles. The van der Waals surface area contributed by atoms with E-state index < -0.39 is 28.5 Å². The van der Waals surface area contributed by atoms with Gasteiger partial charge in [0, 0.05) is 16.5 Å². The molecule has 3 rings (SSSR count). The first-order valence-electron chi connectivity index (χ1n) is 8.44. The van der Waals surface area contributed by atoms with E-state index in [1.807, 2.05) is 6.07 Å². The molecule has 0 radical (unpaired) electrons. The summed E-state index contributed by atoms with van der Waals surface area (Å²) in [7, 11) is 1.30. The topological polar surface area (TPSA) is 75.6 Å². The Labute approximate surface area is 179 Å². The minimum absolute atomic E-state index is 0.0479. The Bertz CT molecular complexity index is 1150. The van der Waals surface area contributed by atoms with Gasteiger partial charge in [-0.1, -0.05) is 41.9 Å². The van der Waals surface area contributed by atoms with Crippen molar-refractivity contribution in [3.05, 3.63) is 81.4 Å². The minimum atomic E-state index is -1.41. The number of benzene rings is 2. The Morgan fingerprint density at radius 2 is 1.80 bits per heavy atom. The standard InChI is InChI=1S/C21H14ClF2NO4S/c1-29-15(9-11-5-3-2-4-6-11)19(26)25-20-16(21(27)28)13(10-30-20)12-7-8-14(22)18(24)17(12)23/h2-10H,1H3,(H,25,26)(H,27,28)/b15-9-. The number of hydrogen-bond acceptors (Lipinski definition) is 4. The maximum absolute atomic E-state index is 14.3. The molecular formula is C21H14ClF2NO4S. The zero-order valence-corrected chi connectivity index (χ0v) is 17.0. The Morgan fingerprint density at radius 1 is 1.10 bits per heavy atom. The van der Waals surface area contributed by atoms with Gasteiger partial charge in [0.15, 0.2) is 17.4 Å². The number of carboxylic acids is 1. The van der Waals surface area contributed by atoms with Gasteiger partial charge in [0.25, 0.3) is 5.91 Å². The Hall–Kier alpha value is -3.23. The molecule has 9 heteroatoms. The van der Waals surface area contributed by atoms with Crippen LogP contribution in [0.25, 0.3) is 17.2 Å². The molecule has 1 heterocycles. The molecule has 0 spiro atoms. The number of methoxy groups -OCH3 is 1. The Balaban J connectivity index is 1.98. The number of carboxylic acid groups (broad SMARTS) is 1. The third-order valence-electron chi connectivity index (χ3n) is 4.10. The van der Waals surface area contributed by atoms with Crippen molar-refractivity contribution in [2.24, 2.45) is 0 Å². The molecule has 2 N–H and O–H groups in total. The fourth-order valence-corrected chi connectivity index (χ4v) is 3.77. The van der Waals surface area contributed by atoms with Gasteiger partial charge in [0.2, 0.25) is 0 Å². The lowest BCUT2D eigenvalue weighted by Gasteiger charge is -2.09. The first-order valence-corrected chi connectivity index (χ1v) is 9.70. The molecule has 0 bridgehead atoms. The lowest BCUT2D eigenvalue weighted by Crippen LogP contribution is -2.16. The monoisotopic (exact) mass is 449 g/mol. The zero-order valence-electron chi connectivity index (χ0n) is 15.4. The highest BCUT2D eigenvalue weighted by atomic mass is 35.5. The second kappa shape index (κ2) is 9.06. The quantitative estimate of drug-likeness (QED) is 0.289. The van der Waals surface area contributed by atoms with Crippen molar-refractivity contribution in [2.75, 3.05) is 12.4 Å². The van der Waals surface area contributed by atoms with Crippen LogP contribution < -0.4 is 5.32 Å². The van der Waals surface area contributed by atoms with E-state index in [1.54, 1.807) is 24.3 Å². The van der Waals surface area contributed by atoms with Gasteiger partial charge in [-0.05, 0) is 23.8 Å². The van der Waals surface area contributed by atoms with Crippen molar-refractivity contribution < 1.29 is 28.2 Å². The van der Waals surface area contributed by atoms with Gasteiger partial charge in [0.1, 0.15) is 10.6 Å². The van der Waals surface area contributed by atoms with Gasteiger partial charge in [-0.15, -0.1) is 11.3 Å². The second-order valence-corrected chi connectivity index (χ2v) is 7.25. The summed E-state index contributed by atoms with van der Waals surface area (Å²) in [5, 5.41) is 12.9. The van der Waals surface area contributed by atoms with Crippen LogP contribution >= 0.6 is 22.9 Å². The summed E-state index contributed by atoms with van der Waals surface area (Å²) in [5.41, 5.74) is -0.0302. The molecule has 5 nitrogen and oxygen atoms in total. The lowest BCUT2D eigenvalue weighted by molar-refractivity contribution is -0.115. The SMILES string of the molecule is CO/C(=C\c1ccccc1)C(=O)Nc1scc(-c2ccc(Cl)c(F)c2F)c1C(=O)O. The van der Waals surface area contributed by atoms with Gasteiger partial charge >= 0.3 is 5.97 Å². The summed E-state index contributed by atoms with van der Waals surface area (Å²) in [6.07, 6.45) is 1.48. The van der Waals surface area contributed by atoms with Crippen LogP contribution in [-0.4, -0.2) is 24.1 Å². The number of nitrogens with one attached hydrogen (secondary N) is 1. The number of aromatic carboxylic acids is 1. The Morgan fingerprint density at radius 3 is 2.43 bits per heavy atom. The van der Waals surface area contributed by atoms with Gasteiger partial charge in [-0.25, -0.2) is 13.6 Å². The molecule has 30 heavy (non-hydrogen) atoms. The number of amides is 1. The zero-order chi connectivity index (χ0) is 21.8. The number of ether oxygens (including phenoxy) is 1. The normalized spacial score (nSPS) is 11.3. The van der Waals surface area contributed by atoms with Gasteiger partial charge in [-0.2, -0.15) is 0 Å². The number of carbonyl (C=O) groups excluding carboxylic acids is 1. The van der Waals surface area contributed by atoms with E-state index in [0.717, 1.165) is 17.4 Å². The number of thiophene rings is 1. The summed E-state index contributed by atoms with van der Waals surface area (Å²) in [4.78, 5) is 24.4. The molecule has 1 amide bonds. The van der Waals surface area contributed by atoms with Crippen molar-refractivity contribution >= 4 is 45.9 Å². The van der Waals surface area contributed by atoms with Crippen LogP contribution in [-0.2, 0) is 9.53 Å². The van der Waals surface area contributed by atoms with Crippen LogP contribution in [0.4, 0.5) is 13.8 Å². The smallest absolute Gasteiger partial charge is 0.339 e.